The number of carbonyl (C=O) groups excluding carboxylic acids is 1. The summed E-state index contributed by atoms with van der Waals surface area (Å²) < 4.78 is 5.22. The van der Waals surface area contributed by atoms with Crippen LogP contribution < -0.4 is 0 Å². The monoisotopic (exact) mass is 293 g/mol. The molecule has 0 aliphatic rings. The number of nitrogens with zero attached hydrogens (tertiary/aromatic N) is 3. The molecule has 20 heavy (non-hydrogen) atoms. The number of rotatable bonds is 4. The summed E-state index contributed by atoms with van der Waals surface area (Å²) in [5.41, 5.74) is 0.222. The number of hydrogen-bond acceptors (Lipinski definition) is 4. The van der Waals surface area contributed by atoms with Crippen molar-refractivity contribution in [2.75, 3.05) is 7.05 Å². The van der Waals surface area contributed by atoms with E-state index in [2.05, 4.69) is 9.97 Å². The van der Waals surface area contributed by atoms with Crippen LogP contribution in [0.25, 0.3) is 0 Å². The molecule has 2 aromatic heterocycles. The lowest BCUT2D eigenvalue weighted by atomic mass is 10.2. The Kier molecular flexibility index (Phi) is 4.39. The van der Waals surface area contributed by atoms with Crippen LogP contribution in [-0.2, 0) is 6.54 Å². The van der Waals surface area contributed by atoms with Gasteiger partial charge in [0.1, 0.15) is 11.6 Å². The van der Waals surface area contributed by atoms with Crippen molar-refractivity contribution in [1.82, 2.24) is 14.9 Å². The van der Waals surface area contributed by atoms with E-state index in [1.54, 1.807) is 19.4 Å². The Bertz CT molecular complexity index is 596. The van der Waals surface area contributed by atoms with Crippen molar-refractivity contribution in [2.24, 2.45) is 0 Å². The molecule has 2 aromatic rings. The predicted octanol–water partition coefficient (Wildman–Crippen LogP) is 3.12. The first-order valence-corrected chi connectivity index (χ1v) is 6.67. The molecule has 0 bridgehead atoms. The van der Waals surface area contributed by atoms with Gasteiger partial charge in [0.15, 0.2) is 5.69 Å². The Balaban J connectivity index is 2.21. The molecule has 0 radical (unpaired) electrons. The van der Waals surface area contributed by atoms with E-state index in [1.807, 2.05) is 19.9 Å². The molecule has 0 N–H and O–H groups in total. The van der Waals surface area contributed by atoms with Crippen molar-refractivity contribution in [1.29, 1.82) is 0 Å². The van der Waals surface area contributed by atoms with Crippen LogP contribution in [-0.4, -0.2) is 27.8 Å². The van der Waals surface area contributed by atoms with Gasteiger partial charge in [-0.15, -0.1) is 0 Å². The number of hydrogen-bond donors (Lipinski definition) is 0. The van der Waals surface area contributed by atoms with Gasteiger partial charge in [0.05, 0.1) is 24.0 Å². The summed E-state index contributed by atoms with van der Waals surface area (Å²) in [7, 11) is 1.68. The molecule has 0 aliphatic carbocycles. The molecule has 0 saturated heterocycles. The molecule has 1 amide bonds. The molecule has 0 saturated carbocycles. The fourth-order valence-electron chi connectivity index (χ4n) is 1.70. The van der Waals surface area contributed by atoms with Crippen LogP contribution in [0.2, 0.25) is 5.02 Å². The van der Waals surface area contributed by atoms with Crippen LogP contribution in [0.3, 0.4) is 0 Å². The van der Waals surface area contributed by atoms with Gasteiger partial charge in [-0.3, -0.25) is 4.79 Å². The maximum atomic E-state index is 12.4. The van der Waals surface area contributed by atoms with Crippen molar-refractivity contribution >= 4 is 17.5 Å². The number of halogens is 1. The van der Waals surface area contributed by atoms with Crippen molar-refractivity contribution < 1.29 is 9.21 Å². The molecule has 0 fully saturated rings. The zero-order chi connectivity index (χ0) is 14.7. The van der Waals surface area contributed by atoms with Gasteiger partial charge in [0.2, 0.25) is 0 Å². The summed E-state index contributed by atoms with van der Waals surface area (Å²) in [4.78, 5) is 22.3. The smallest absolute Gasteiger partial charge is 0.274 e. The van der Waals surface area contributed by atoms with E-state index in [0.717, 1.165) is 0 Å². The van der Waals surface area contributed by atoms with Gasteiger partial charge < -0.3 is 9.32 Å². The summed E-state index contributed by atoms with van der Waals surface area (Å²) in [6.07, 6.45) is 3.04. The summed E-state index contributed by atoms with van der Waals surface area (Å²) in [6, 6.07) is 3.59. The second kappa shape index (κ2) is 6.05. The van der Waals surface area contributed by atoms with Gasteiger partial charge in [0.25, 0.3) is 5.91 Å². The van der Waals surface area contributed by atoms with Crippen LogP contribution in [0.4, 0.5) is 0 Å². The third-order valence-electron chi connectivity index (χ3n) is 2.80. The Hall–Kier alpha value is -1.88. The standard InChI is InChI=1S/C14H16ClN3O2/c1-9(2)13-16-7-11(15)12(17-13)14(19)18(3)8-10-5-4-6-20-10/h4-7,9H,8H2,1-3H3. The highest BCUT2D eigenvalue weighted by Crippen LogP contribution is 2.18. The molecule has 0 spiro atoms. The SMILES string of the molecule is CC(C)c1ncc(Cl)c(C(=O)N(C)Cc2ccco2)n1. The van der Waals surface area contributed by atoms with E-state index in [1.165, 1.54) is 11.1 Å². The first kappa shape index (κ1) is 14.5. The van der Waals surface area contributed by atoms with E-state index in [9.17, 15) is 4.79 Å². The Morgan fingerprint density at radius 2 is 2.25 bits per heavy atom. The lowest BCUT2D eigenvalue weighted by Gasteiger charge is -2.16. The van der Waals surface area contributed by atoms with E-state index >= 15 is 0 Å². The Morgan fingerprint density at radius 3 is 2.85 bits per heavy atom. The molecule has 0 atom stereocenters. The molecule has 5 nitrogen and oxygen atoms in total. The first-order chi connectivity index (χ1) is 9.49. The fourth-order valence-corrected chi connectivity index (χ4v) is 1.87. The molecule has 0 aromatic carbocycles. The van der Waals surface area contributed by atoms with E-state index in [4.69, 9.17) is 16.0 Å². The Morgan fingerprint density at radius 1 is 1.50 bits per heavy atom. The highest BCUT2D eigenvalue weighted by atomic mass is 35.5. The van der Waals surface area contributed by atoms with Gasteiger partial charge >= 0.3 is 0 Å². The van der Waals surface area contributed by atoms with Crippen LogP contribution in [0.5, 0.6) is 0 Å². The lowest BCUT2D eigenvalue weighted by Crippen LogP contribution is -2.27. The first-order valence-electron chi connectivity index (χ1n) is 6.29. The average Bonchev–Trinajstić information content (AvgIpc) is 2.91. The second-order valence-electron chi connectivity index (χ2n) is 4.82. The second-order valence-corrected chi connectivity index (χ2v) is 5.23. The molecular formula is C14H16ClN3O2. The van der Waals surface area contributed by atoms with Crippen LogP contribution in [0.1, 0.15) is 41.8 Å². The van der Waals surface area contributed by atoms with Crippen LogP contribution >= 0.6 is 11.6 Å². The zero-order valence-corrected chi connectivity index (χ0v) is 12.4. The normalized spacial score (nSPS) is 10.8. The minimum Gasteiger partial charge on any atom is -0.467 e. The molecule has 2 heterocycles. The van der Waals surface area contributed by atoms with Gasteiger partial charge in [-0.25, -0.2) is 9.97 Å². The van der Waals surface area contributed by atoms with Crippen molar-refractivity contribution in [3.63, 3.8) is 0 Å². The largest absolute Gasteiger partial charge is 0.467 e. The number of furan rings is 1. The van der Waals surface area contributed by atoms with Gasteiger partial charge in [-0.2, -0.15) is 0 Å². The molecular weight excluding hydrogens is 278 g/mol. The molecule has 2 rings (SSSR count). The molecule has 0 aliphatic heterocycles. The lowest BCUT2D eigenvalue weighted by molar-refractivity contribution is 0.0769. The topological polar surface area (TPSA) is 59.2 Å². The molecule has 0 unspecified atom stereocenters. The van der Waals surface area contributed by atoms with Gasteiger partial charge in [0, 0.05) is 13.0 Å². The predicted molar refractivity (Wildman–Crippen MR) is 75.6 cm³/mol. The summed E-state index contributed by atoms with van der Waals surface area (Å²) in [5, 5.41) is 0.255. The number of aromatic nitrogens is 2. The van der Waals surface area contributed by atoms with E-state index < -0.39 is 0 Å². The third kappa shape index (κ3) is 3.17. The maximum absolute atomic E-state index is 12.4. The van der Waals surface area contributed by atoms with Gasteiger partial charge in [-0.1, -0.05) is 25.4 Å². The average molecular weight is 294 g/mol. The fraction of sp³-hybridized carbons (Fsp3) is 0.357. The van der Waals surface area contributed by atoms with Crippen LogP contribution in [0, 0.1) is 0 Å². The molecule has 106 valence electrons. The minimum atomic E-state index is -0.254. The summed E-state index contributed by atoms with van der Waals surface area (Å²) in [5.74, 6) is 1.18. The summed E-state index contributed by atoms with van der Waals surface area (Å²) >= 11 is 6.03. The van der Waals surface area contributed by atoms with Crippen molar-refractivity contribution in [3.8, 4) is 0 Å². The third-order valence-corrected chi connectivity index (χ3v) is 3.08. The highest BCUT2D eigenvalue weighted by Gasteiger charge is 2.19. The maximum Gasteiger partial charge on any atom is 0.274 e. The summed E-state index contributed by atoms with van der Waals surface area (Å²) in [6.45, 7) is 4.29. The quantitative estimate of drug-likeness (QED) is 0.869. The zero-order valence-electron chi connectivity index (χ0n) is 11.6. The Labute approximate surface area is 122 Å². The number of amides is 1. The van der Waals surface area contributed by atoms with E-state index in [-0.39, 0.29) is 22.5 Å². The van der Waals surface area contributed by atoms with Gasteiger partial charge in [-0.05, 0) is 12.1 Å². The van der Waals surface area contributed by atoms with E-state index in [0.29, 0.717) is 18.1 Å². The number of carbonyl (C=O) groups is 1. The van der Waals surface area contributed by atoms with Crippen molar-refractivity contribution in [3.05, 3.63) is 46.9 Å². The minimum absolute atomic E-state index is 0.134. The van der Waals surface area contributed by atoms with Crippen LogP contribution in [0.15, 0.2) is 29.0 Å². The molecule has 6 heteroatoms. The highest BCUT2D eigenvalue weighted by molar-refractivity contribution is 6.33. The van der Waals surface area contributed by atoms with Crippen molar-refractivity contribution in [2.45, 2.75) is 26.3 Å².